The van der Waals surface area contributed by atoms with Crippen molar-refractivity contribution in [3.05, 3.63) is 29.3 Å². The van der Waals surface area contributed by atoms with Gasteiger partial charge in [0.1, 0.15) is 0 Å². The van der Waals surface area contributed by atoms with Crippen LogP contribution in [0.25, 0.3) is 0 Å². The van der Waals surface area contributed by atoms with Crippen molar-refractivity contribution in [1.29, 1.82) is 0 Å². The van der Waals surface area contributed by atoms with Crippen LogP contribution in [0.15, 0.2) is 24.3 Å². The predicted octanol–water partition coefficient (Wildman–Crippen LogP) is 2.67. The Labute approximate surface area is 113 Å². The van der Waals surface area contributed by atoms with Crippen LogP contribution < -0.4 is 10.6 Å². The minimum Gasteiger partial charge on any atom is -0.324 e. The van der Waals surface area contributed by atoms with E-state index in [1.165, 1.54) is 0 Å². The Hall–Kier alpha value is -1.50. The first-order chi connectivity index (χ1) is 8.74. The highest BCUT2D eigenvalue weighted by atomic mass is 35.5. The van der Waals surface area contributed by atoms with E-state index in [0.717, 1.165) is 25.8 Å². The highest BCUT2D eigenvalue weighted by Gasteiger charge is 2.04. The molecule has 0 unspecified atom stereocenters. The van der Waals surface area contributed by atoms with Crippen molar-refractivity contribution in [2.75, 3.05) is 18.4 Å². The van der Waals surface area contributed by atoms with Crippen LogP contribution in [0.4, 0.5) is 5.69 Å². The Balaban J connectivity index is 2.19. The Kier molecular flexibility index (Phi) is 6.93. The van der Waals surface area contributed by atoms with Crippen LogP contribution in [0.2, 0.25) is 5.02 Å². The molecular formula is C14H17ClN2O. The Morgan fingerprint density at radius 2 is 2.11 bits per heavy atom. The van der Waals surface area contributed by atoms with Crippen LogP contribution in [0, 0.1) is 12.3 Å². The predicted molar refractivity (Wildman–Crippen MR) is 75.6 cm³/mol. The fraction of sp³-hybridized carbons (Fsp3) is 0.357. The molecule has 2 N–H and O–H groups in total. The lowest BCUT2D eigenvalue weighted by Gasteiger charge is -2.07. The highest BCUT2D eigenvalue weighted by molar-refractivity contribution is 6.33. The lowest BCUT2D eigenvalue weighted by atomic mass is 10.2. The molecule has 0 aliphatic rings. The van der Waals surface area contributed by atoms with Gasteiger partial charge in [-0.05, 0) is 31.5 Å². The molecule has 0 saturated heterocycles. The van der Waals surface area contributed by atoms with Gasteiger partial charge in [0.05, 0.1) is 17.3 Å². The first-order valence-electron chi connectivity index (χ1n) is 5.92. The topological polar surface area (TPSA) is 41.1 Å². The lowest BCUT2D eigenvalue weighted by Crippen LogP contribution is -2.28. The average Bonchev–Trinajstić information content (AvgIpc) is 2.36. The van der Waals surface area contributed by atoms with Crippen LogP contribution in [-0.2, 0) is 4.79 Å². The molecule has 18 heavy (non-hydrogen) atoms. The molecule has 0 aliphatic carbocycles. The fourth-order valence-corrected chi connectivity index (χ4v) is 1.62. The summed E-state index contributed by atoms with van der Waals surface area (Å²) in [6, 6.07) is 7.16. The van der Waals surface area contributed by atoms with Gasteiger partial charge in [-0.25, -0.2) is 0 Å². The number of halogens is 1. The number of amides is 1. The van der Waals surface area contributed by atoms with Gasteiger partial charge in [0.2, 0.25) is 5.91 Å². The van der Waals surface area contributed by atoms with Gasteiger partial charge >= 0.3 is 0 Å². The SMILES string of the molecule is C#CCCCCNCC(=O)Nc1ccccc1Cl. The van der Waals surface area contributed by atoms with E-state index >= 15 is 0 Å². The highest BCUT2D eigenvalue weighted by Crippen LogP contribution is 2.19. The number of carbonyl (C=O) groups excluding carboxylic acids is 1. The molecule has 0 aromatic heterocycles. The van der Waals surface area contributed by atoms with Crippen LogP contribution in [0.5, 0.6) is 0 Å². The average molecular weight is 265 g/mol. The molecular weight excluding hydrogens is 248 g/mol. The molecule has 0 spiro atoms. The Morgan fingerprint density at radius 1 is 1.33 bits per heavy atom. The number of hydrogen-bond acceptors (Lipinski definition) is 2. The number of hydrogen-bond donors (Lipinski definition) is 2. The third kappa shape index (κ3) is 5.72. The largest absolute Gasteiger partial charge is 0.324 e. The van der Waals surface area contributed by atoms with Crippen LogP contribution >= 0.6 is 11.6 Å². The van der Waals surface area contributed by atoms with Gasteiger partial charge in [-0.1, -0.05) is 23.7 Å². The van der Waals surface area contributed by atoms with Crippen LogP contribution in [0.3, 0.4) is 0 Å². The van der Waals surface area contributed by atoms with E-state index < -0.39 is 0 Å². The second-order valence-electron chi connectivity index (χ2n) is 3.87. The van der Waals surface area contributed by atoms with E-state index in [1.807, 2.05) is 12.1 Å². The minimum atomic E-state index is -0.0972. The smallest absolute Gasteiger partial charge is 0.238 e. The van der Waals surface area contributed by atoms with Gasteiger partial charge in [-0.15, -0.1) is 12.3 Å². The molecule has 3 nitrogen and oxygen atoms in total. The first-order valence-corrected chi connectivity index (χ1v) is 6.30. The first kappa shape index (κ1) is 14.6. The molecule has 4 heteroatoms. The number of benzene rings is 1. The third-order valence-electron chi connectivity index (χ3n) is 2.36. The van der Waals surface area contributed by atoms with Gasteiger partial charge in [0.15, 0.2) is 0 Å². The number of unbranched alkanes of at least 4 members (excludes halogenated alkanes) is 2. The molecule has 0 radical (unpaired) electrons. The zero-order valence-electron chi connectivity index (χ0n) is 10.2. The molecule has 0 saturated carbocycles. The third-order valence-corrected chi connectivity index (χ3v) is 2.69. The van der Waals surface area contributed by atoms with E-state index in [-0.39, 0.29) is 12.5 Å². The molecule has 1 aromatic rings. The minimum absolute atomic E-state index is 0.0972. The van der Waals surface area contributed by atoms with Gasteiger partial charge in [0.25, 0.3) is 0 Å². The van der Waals surface area contributed by atoms with Crippen molar-refractivity contribution in [2.24, 2.45) is 0 Å². The Bertz CT molecular complexity index is 426. The summed E-state index contributed by atoms with van der Waals surface area (Å²) in [6.45, 7) is 1.07. The van der Waals surface area contributed by atoms with Crippen molar-refractivity contribution in [3.63, 3.8) is 0 Å². The summed E-state index contributed by atoms with van der Waals surface area (Å²) < 4.78 is 0. The van der Waals surface area contributed by atoms with E-state index in [0.29, 0.717) is 10.7 Å². The number of terminal acetylenes is 1. The normalized spacial score (nSPS) is 9.78. The lowest BCUT2D eigenvalue weighted by molar-refractivity contribution is -0.115. The molecule has 1 aromatic carbocycles. The molecule has 0 fully saturated rings. The van der Waals surface area contributed by atoms with E-state index in [1.54, 1.807) is 12.1 Å². The molecule has 0 atom stereocenters. The summed E-state index contributed by atoms with van der Waals surface area (Å²) in [5.41, 5.74) is 0.637. The molecule has 1 rings (SSSR count). The molecule has 0 aliphatic heterocycles. The van der Waals surface area contributed by atoms with Crippen molar-refractivity contribution < 1.29 is 4.79 Å². The molecule has 96 valence electrons. The quantitative estimate of drug-likeness (QED) is 0.587. The summed E-state index contributed by atoms with van der Waals surface area (Å²) in [7, 11) is 0. The number of nitrogens with one attached hydrogen (secondary N) is 2. The van der Waals surface area contributed by atoms with Crippen LogP contribution in [0.1, 0.15) is 19.3 Å². The van der Waals surface area contributed by atoms with Crippen molar-refractivity contribution in [3.8, 4) is 12.3 Å². The second kappa shape index (κ2) is 8.57. The Morgan fingerprint density at radius 3 is 2.83 bits per heavy atom. The second-order valence-corrected chi connectivity index (χ2v) is 4.27. The van der Waals surface area contributed by atoms with Gasteiger partial charge < -0.3 is 10.6 Å². The summed E-state index contributed by atoms with van der Waals surface area (Å²) in [5, 5.41) is 6.35. The maximum absolute atomic E-state index is 11.6. The van der Waals surface area contributed by atoms with Gasteiger partial charge in [-0.2, -0.15) is 0 Å². The maximum Gasteiger partial charge on any atom is 0.238 e. The number of anilines is 1. The monoisotopic (exact) mass is 264 g/mol. The summed E-state index contributed by atoms with van der Waals surface area (Å²) >= 11 is 5.93. The zero-order valence-corrected chi connectivity index (χ0v) is 11.0. The van der Waals surface area contributed by atoms with Gasteiger partial charge in [0, 0.05) is 6.42 Å². The van der Waals surface area contributed by atoms with Crippen molar-refractivity contribution in [1.82, 2.24) is 5.32 Å². The van der Waals surface area contributed by atoms with E-state index in [4.69, 9.17) is 18.0 Å². The molecule has 0 heterocycles. The molecule has 0 bridgehead atoms. The number of rotatable bonds is 7. The standard InChI is InChI=1S/C14H17ClN2O/c1-2-3-4-7-10-16-11-14(18)17-13-9-6-5-8-12(13)15/h1,5-6,8-9,16H,3-4,7,10-11H2,(H,17,18). The number of para-hydroxylation sites is 1. The van der Waals surface area contributed by atoms with Crippen molar-refractivity contribution >= 4 is 23.2 Å². The number of carbonyl (C=O) groups is 1. The van der Waals surface area contributed by atoms with E-state index in [2.05, 4.69) is 16.6 Å². The van der Waals surface area contributed by atoms with Crippen LogP contribution in [-0.4, -0.2) is 19.0 Å². The van der Waals surface area contributed by atoms with Gasteiger partial charge in [-0.3, -0.25) is 4.79 Å². The zero-order chi connectivity index (χ0) is 13.2. The fourth-order valence-electron chi connectivity index (χ4n) is 1.44. The molecule has 1 amide bonds. The summed E-state index contributed by atoms with van der Waals surface area (Å²) in [4.78, 5) is 11.6. The van der Waals surface area contributed by atoms with Crippen molar-refractivity contribution in [2.45, 2.75) is 19.3 Å². The summed E-state index contributed by atoms with van der Waals surface area (Å²) in [5.74, 6) is 2.49. The maximum atomic E-state index is 11.6. The summed E-state index contributed by atoms with van der Waals surface area (Å²) in [6.07, 6.45) is 7.89. The van der Waals surface area contributed by atoms with E-state index in [9.17, 15) is 4.79 Å².